The molecular weight excluding hydrogens is 291 g/mol. The highest BCUT2D eigenvalue weighted by atomic mass is 16.7. The number of esters is 1. The molecule has 1 saturated heterocycles. The topological polar surface area (TPSA) is 44.8 Å². The fourth-order valence-electron chi connectivity index (χ4n) is 2.70. The maximum absolute atomic E-state index is 12.2. The number of hydrogen-bond acceptors (Lipinski definition) is 4. The number of benzene rings is 1. The van der Waals surface area contributed by atoms with Crippen LogP contribution < -0.4 is 5.46 Å². The van der Waals surface area contributed by atoms with Gasteiger partial charge in [0.1, 0.15) is 0 Å². The highest BCUT2D eigenvalue weighted by Gasteiger charge is 2.51. The molecule has 1 aliphatic heterocycles. The quantitative estimate of drug-likeness (QED) is 0.632. The second kappa shape index (κ2) is 5.95. The minimum absolute atomic E-state index is 0.230. The van der Waals surface area contributed by atoms with Crippen molar-refractivity contribution in [2.24, 2.45) is 0 Å². The molecule has 0 saturated carbocycles. The van der Waals surface area contributed by atoms with E-state index in [1.54, 1.807) is 0 Å². The van der Waals surface area contributed by atoms with Crippen LogP contribution in [0.2, 0.25) is 0 Å². The number of hydrogen-bond donors (Lipinski definition) is 0. The van der Waals surface area contributed by atoms with E-state index < -0.39 is 12.5 Å². The van der Waals surface area contributed by atoms with Crippen molar-refractivity contribution in [3.05, 3.63) is 29.8 Å². The third kappa shape index (κ3) is 3.04. The zero-order valence-electron chi connectivity index (χ0n) is 15.2. The maximum atomic E-state index is 12.2. The molecule has 1 heterocycles. The first-order valence-corrected chi connectivity index (χ1v) is 8.12. The average molecular weight is 318 g/mol. The third-order valence-corrected chi connectivity index (χ3v) is 5.39. The van der Waals surface area contributed by atoms with Crippen molar-refractivity contribution in [3.8, 4) is 0 Å². The van der Waals surface area contributed by atoms with E-state index in [2.05, 4.69) is 0 Å². The lowest BCUT2D eigenvalue weighted by atomic mass is 9.73. The zero-order valence-corrected chi connectivity index (χ0v) is 15.2. The third-order valence-electron chi connectivity index (χ3n) is 5.39. The summed E-state index contributed by atoms with van der Waals surface area (Å²) in [6.45, 7) is 12.0. The molecule has 0 N–H and O–H groups in total. The summed E-state index contributed by atoms with van der Waals surface area (Å²) in [4.78, 5) is 12.2. The molecule has 1 fully saturated rings. The van der Waals surface area contributed by atoms with Crippen LogP contribution in [0.15, 0.2) is 24.3 Å². The van der Waals surface area contributed by atoms with Gasteiger partial charge in [0.2, 0.25) is 0 Å². The second-order valence-electron chi connectivity index (χ2n) is 7.39. The normalized spacial score (nSPS) is 21.8. The molecule has 1 unspecified atom stereocenters. The van der Waals surface area contributed by atoms with Crippen LogP contribution in [0.5, 0.6) is 0 Å². The second-order valence-corrected chi connectivity index (χ2v) is 7.39. The fraction of sp³-hybridized carbons (Fsp3) is 0.611. The van der Waals surface area contributed by atoms with Gasteiger partial charge >= 0.3 is 13.1 Å². The van der Waals surface area contributed by atoms with E-state index in [4.69, 9.17) is 14.0 Å². The number of methoxy groups -OCH3 is 1. The van der Waals surface area contributed by atoms with Gasteiger partial charge in [0.05, 0.1) is 23.7 Å². The summed E-state index contributed by atoms with van der Waals surface area (Å²) < 4.78 is 17.2. The van der Waals surface area contributed by atoms with Crippen molar-refractivity contribution in [2.75, 3.05) is 7.11 Å². The van der Waals surface area contributed by atoms with Gasteiger partial charge in [-0.15, -0.1) is 0 Å². The van der Waals surface area contributed by atoms with E-state index >= 15 is 0 Å². The van der Waals surface area contributed by atoms with Gasteiger partial charge in [-0.05, 0) is 52.1 Å². The molecular formula is C18H27BO4. The Balaban J connectivity index is 2.37. The van der Waals surface area contributed by atoms with Gasteiger partial charge in [-0.2, -0.15) is 0 Å². The van der Waals surface area contributed by atoms with Crippen LogP contribution in [0.3, 0.4) is 0 Å². The molecule has 1 aromatic carbocycles. The van der Waals surface area contributed by atoms with Gasteiger partial charge in [-0.25, -0.2) is 0 Å². The minimum atomic E-state index is -0.672. The van der Waals surface area contributed by atoms with E-state index in [9.17, 15) is 4.79 Å². The summed E-state index contributed by atoms with van der Waals surface area (Å²) >= 11 is 0. The molecule has 5 heteroatoms. The van der Waals surface area contributed by atoms with Crippen LogP contribution in [0.25, 0.3) is 0 Å². The Labute approximate surface area is 139 Å². The van der Waals surface area contributed by atoms with Crippen molar-refractivity contribution in [2.45, 2.75) is 64.6 Å². The Hall–Kier alpha value is -1.33. The molecule has 23 heavy (non-hydrogen) atoms. The Kier molecular flexibility index (Phi) is 4.66. The predicted octanol–water partition coefficient (Wildman–Crippen LogP) is 2.83. The maximum Gasteiger partial charge on any atom is 0.494 e. The summed E-state index contributed by atoms with van der Waals surface area (Å²) in [6.07, 6.45) is 0.659. The first kappa shape index (κ1) is 18.0. The summed E-state index contributed by atoms with van der Waals surface area (Å²) in [5, 5.41) is 0. The largest absolute Gasteiger partial charge is 0.494 e. The molecule has 1 atom stereocenters. The first-order valence-electron chi connectivity index (χ1n) is 8.12. The minimum Gasteiger partial charge on any atom is -0.468 e. The standard InChI is InChI=1S/C18H27BO4/c1-8-18(6,15(20)21-7)13-10-9-11-14(12-13)19-22-16(2,3)17(4,5)23-19/h9-12H,8H2,1-7H3. The Morgan fingerprint density at radius 1 is 1.22 bits per heavy atom. The zero-order chi connectivity index (χ0) is 17.5. The van der Waals surface area contributed by atoms with Gasteiger partial charge in [-0.1, -0.05) is 31.2 Å². The number of rotatable bonds is 4. The molecule has 1 aromatic rings. The number of carbonyl (C=O) groups is 1. The van der Waals surface area contributed by atoms with E-state index in [0.29, 0.717) is 6.42 Å². The van der Waals surface area contributed by atoms with Crippen LogP contribution >= 0.6 is 0 Å². The van der Waals surface area contributed by atoms with Gasteiger partial charge in [0, 0.05) is 0 Å². The van der Waals surface area contributed by atoms with Crippen LogP contribution in [-0.4, -0.2) is 31.4 Å². The molecule has 0 radical (unpaired) electrons. The molecule has 1 aliphatic rings. The molecule has 0 bridgehead atoms. The van der Waals surface area contributed by atoms with Crippen molar-refractivity contribution < 1.29 is 18.8 Å². The molecule has 126 valence electrons. The first-order chi connectivity index (χ1) is 10.6. The fourth-order valence-corrected chi connectivity index (χ4v) is 2.70. The average Bonchev–Trinajstić information content (AvgIpc) is 2.74. The lowest BCUT2D eigenvalue weighted by Gasteiger charge is -2.32. The molecule has 0 aromatic heterocycles. The highest BCUT2D eigenvalue weighted by Crippen LogP contribution is 2.37. The van der Waals surface area contributed by atoms with Crippen molar-refractivity contribution in [1.82, 2.24) is 0 Å². The molecule has 0 spiro atoms. The van der Waals surface area contributed by atoms with Crippen LogP contribution in [0.4, 0.5) is 0 Å². The van der Waals surface area contributed by atoms with E-state index in [-0.39, 0.29) is 17.2 Å². The van der Waals surface area contributed by atoms with E-state index in [0.717, 1.165) is 11.0 Å². The van der Waals surface area contributed by atoms with Crippen molar-refractivity contribution >= 4 is 18.6 Å². The monoisotopic (exact) mass is 318 g/mol. The predicted molar refractivity (Wildman–Crippen MR) is 91.8 cm³/mol. The number of ether oxygens (including phenoxy) is 1. The molecule has 0 aliphatic carbocycles. The van der Waals surface area contributed by atoms with E-state index in [1.165, 1.54) is 7.11 Å². The van der Waals surface area contributed by atoms with Gasteiger partial charge in [-0.3, -0.25) is 4.79 Å². The molecule has 0 amide bonds. The van der Waals surface area contributed by atoms with Gasteiger partial charge in [0.15, 0.2) is 0 Å². The van der Waals surface area contributed by atoms with Crippen LogP contribution in [0, 0.1) is 0 Å². The van der Waals surface area contributed by atoms with Crippen molar-refractivity contribution in [1.29, 1.82) is 0 Å². The lowest BCUT2D eigenvalue weighted by molar-refractivity contribution is -0.147. The summed E-state index contributed by atoms with van der Waals surface area (Å²) in [6, 6.07) is 7.85. The summed E-state index contributed by atoms with van der Waals surface area (Å²) in [5.41, 5.74) is 0.395. The van der Waals surface area contributed by atoms with Crippen LogP contribution in [-0.2, 0) is 24.3 Å². The smallest absolute Gasteiger partial charge is 0.468 e. The van der Waals surface area contributed by atoms with E-state index in [1.807, 2.05) is 65.8 Å². The highest BCUT2D eigenvalue weighted by molar-refractivity contribution is 6.62. The molecule has 4 nitrogen and oxygen atoms in total. The SMILES string of the molecule is CCC(C)(C(=O)OC)c1cccc(B2OC(C)(C)C(C)(C)O2)c1. The lowest BCUT2D eigenvalue weighted by Crippen LogP contribution is -2.41. The summed E-state index contributed by atoms with van der Waals surface area (Å²) in [7, 11) is 0.993. The Bertz CT molecular complexity index is 580. The molecule has 2 rings (SSSR count). The van der Waals surface area contributed by atoms with Crippen LogP contribution in [0.1, 0.15) is 53.5 Å². The Morgan fingerprint density at radius 3 is 2.26 bits per heavy atom. The van der Waals surface area contributed by atoms with Gasteiger partial charge in [0.25, 0.3) is 0 Å². The number of carbonyl (C=O) groups excluding carboxylic acids is 1. The Morgan fingerprint density at radius 2 is 1.78 bits per heavy atom. The van der Waals surface area contributed by atoms with Crippen molar-refractivity contribution in [3.63, 3.8) is 0 Å². The summed E-state index contributed by atoms with van der Waals surface area (Å²) in [5.74, 6) is -0.230. The van der Waals surface area contributed by atoms with Gasteiger partial charge < -0.3 is 14.0 Å².